The number of likely N-dealkylation sites (tertiary alicyclic amines) is 1. The van der Waals surface area contributed by atoms with Crippen molar-refractivity contribution < 1.29 is 14.7 Å². The summed E-state index contributed by atoms with van der Waals surface area (Å²) in [7, 11) is 0. The summed E-state index contributed by atoms with van der Waals surface area (Å²) in [5.74, 6) is -1.31. The van der Waals surface area contributed by atoms with Gasteiger partial charge in [-0.25, -0.2) is 4.79 Å². The van der Waals surface area contributed by atoms with Gasteiger partial charge >= 0.3 is 12.0 Å². The lowest BCUT2D eigenvalue weighted by Crippen LogP contribution is -2.44. The number of hydrogen-bond donors (Lipinski definition) is 2. The fraction of sp³-hybridized carbons (Fsp3) is 0.316. The maximum atomic E-state index is 12.4. The lowest BCUT2D eigenvalue weighted by atomic mass is 9.98. The van der Waals surface area contributed by atoms with Gasteiger partial charge in [-0.1, -0.05) is 6.07 Å². The SMILES string of the molecule is Cc1cc(NC(=O)N2CCCC(C(=O)O)C2)ccc1-c1ccncc1. The maximum absolute atomic E-state index is 12.4. The van der Waals surface area contributed by atoms with Crippen molar-refractivity contribution in [2.24, 2.45) is 5.92 Å². The van der Waals surface area contributed by atoms with Gasteiger partial charge in [0.05, 0.1) is 5.92 Å². The number of aliphatic carboxylic acids is 1. The van der Waals surface area contributed by atoms with E-state index in [0.29, 0.717) is 25.1 Å². The first-order valence-corrected chi connectivity index (χ1v) is 8.34. The molecule has 3 rings (SSSR count). The highest BCUT2D eigenvalue weighted by molar-refractivity contribution is 5.90. The summed E-state index contributed by atoms with van der Waals surface area (Å²) in [6, 6.07) is 9.39. The molecule has 2 amide bonds. The number of urea groups is 1. The number of carboxylic acids is 1. The number of piperidine rings is 1. The summed E-state index contributed by atoms with van der Waals surface area (Å²) in [6.45, 7) is 2.84. The highest BCUT2D eigenvalue weighted by atomic mass is 16.4. The number of rotatable bonds is 3. The Kier molecular flexibility index (Phi) is 4.97. The molecule has 0 spiro atoms. The molecule has 0 radical (unpaired) electrons. The Morgan fingerprint density at radius 3 is 2.68 bits per heavy atom. The van der Waals surface area contributed by atoms with Crippen LogP contribution >= 0.6 is 0 Å². The number of pyridine rings is 1. The number of amides is 2. The molecule has 0 aliphatic carbocycles. The lowest BCUT2D eigenvalue weighted by Gasteiger charge is -2.30. The molecule has 1 aliphatic heterocycles. The van der Waals surface area contributed by atoms with Crippen LogP contribution in [-0.2, 0) is 4.79 Å². The van der Waals surface area contributed by atoms with Crippen molar-refractivity contribution >= 4 is 17.7 Å². The van der Waals surface area contributed by atoms with E-state index in [-0.39, 0.29) is 12.6 Å². The Morgan fingerprint density at radius 1 is 1.24 bits per heavy atom. The first-order valence-electron chi connectivity index (χ1n) is 8.34. The molecular formula is C19H21N3O3. The average molecular weight is 339 g/mol. The predicted molar refractivity (Wildman–Crippen MR) is 95.4 cm³/mol. The number of nitrogens with zero attached hydrogens (tertiary/aromatic N) is 2. The van der Waals surface area contributed by atoms with E-state index in [9.17, 15) is 9.59 Å². The van der Waals surface area contributed by atoms with Crippen molar-refractivity contribution in [3.05, 3.63) is 48.3 Å². The molecule has 130 valence electrons. The van der Waals surface area contributed by atoms with Gasteiger partial charge in [0, 0.05) is 31.2 Å². The average Bonchev–Trinajstić information content (AvgIpc) is 2.62. The van der Waals surface area contributed by atoms with Crippen LogP contribution in [0, 0.1) is 12.8 Å². The van der Waals surface area contributed by atoms with Gasteiger partial charge in [0.1, 0.15) is 0 Å². The van der Waals surface area contributed by atoms with Crippen LogP contribution in [0.1, 0.15) is 18.4 Å². The molecule has 6 heteroatoms. The van der Waals surface area contributed by atoms with E-state index < -0.39 is 11.9 Å². The van der Waals surface area contributed by atoms with Crippen LogP contribution in [0.15, 0.2) is 42.7 Å². The number of anilines is 1. The fourth-order valence-electron chi connectivity index (χ4n) is 3.16. The number of carbonyl (C=O) groups excluding carboxylic acids is 1. The zero-order chi connectivity index (χ0) is 17.8. The molecule has 1 aromatic carbocycles. The van der Waals surface area contributed by atoms with Crippen LogP contribution in [-0.4, -0.2) is 40.1 Å². The molecule has 0 saturated carbocycles. The minimum absolute atomic E-state index is 0.248. The molecule has 2 aromatic rings. The van der Waals surface area contributed by atoms with E-state index in [4.69, 9.17) is 5.11 Å². The summed E-state index contributed by atoms with van der Waals surface area (Å²) in [6.07, 6.45) is 4.84. The van der Waals surface area contributed by atoms with Gasteiger partial charge in [0.2, 0.25) is 0 Å². The van der Waals surface area contributed by atoms with Crippen LogP contribution < -0.4 is 5.32 Å². The van der Waals surface area contributed by atoms with Gasteiger partial charge < -0.3 is 15.3 Å². The first-order chi connectivity index (χ1) is 12.0. The highest BCUT2D eigenvalue weighted by Gasteiger charge is 2.28. The number of carboxylic acid groups (broad SMARTS) is 1. The van der Waals surface area contributed by atoms with Crippen LogP contribution in [0.4, 0.5) is 10.5 Å². The van der Waals surface area contributed by atoms with E-state index >= 15 is 0 Å². The van der Waals surface area contributed by atoms with Gasteiger partial charge in [-0.2, -0.15) is 0 Å². The van der Waals surface area contributed by atoms with Gasteiger partial charge in [-0.15, -0.1) is 0 Å². The summed E-state index contributed by atoms with van der Waals surface area (Å²) in [4.78, 5) is 29.2. The lowest BCUT2D eigenvalue weighted by molar-refractivity contribution is -0.143. The van der Waals surface area contributed by atoms with E-state index in [1.807, 2.05) is 37.3 Å². The molecule has 0 bridgehead atoms. The quantitative estimate of drug-likeness (QED) is 0.898. The molecular weight excluding hydrogens is 318 g/mol. The second-order valence-corrected chi connectivity index (χ2v) is 6.32. The van der Waals surface area contributed by atoms with Crippen LogP contribution in [0.25, 0.3) is 11.1 Å². The second-order valence-electron chi connectivity index (χ2n) is 6.32. The molecule has 1 atom stereocenters. The van der Waals surface area contributed by atoms with Gasteiger partial charge in [0.25, 0.3) is 0 Å². The second kappa shape index (κ2) is 7.34. The Bertz CT molecular complexity index is 777. The van der Waals surface area contributed by atoms with Crippen molar-refractivity contribution in [2.75, 3.05) is 18.4 Å². The molecule has 1 unspecified atom stereocenters. The third kappa shape index (κ3) is 3.96. The summed E-state index contributed by atoms with van der Waals surface area (Å²) in [5.41, 5.74) is 3.92. The van der Waals surface area contributed by atoms with Crippen molar-refractivity contribution in [3.8, 4) is 11.1 Å². The van der Waals surface area contributed by atoms with Gasteiger partial charge in [-0.3, -0.25) is 9.78 Å². The standard InChI is InChI=1S/C19H21N3O3/c1-13-11-16(4-5-17(13)14-6-8-20-9-7-14)21-19(25)22-10-2-3-15(12-22)18(23)24/h4-9,11,15H,2-3,10,12H2,1H3,(H,21,25)(H,23,24). The number of carbonyl (C=O) groups is 2. The number of hydrogen-bond acceptors (Lipinski definition) is 3. The smallest absolute Gasteiger partial charge is 0.321 e. The monoisotopic (exact) mass is 339 g/mol. The van der Waals surface area contributed by atoms with E-state index in [1.54, 1.807) is 17.3 Å². The zero-order valence-electron chi connectivity index (χ0n) is 14.1. The number of nitrogens with one attached hydrogen (secondary N) is 1. The summed E-state index contributed by atoms with van der Waals surface area (Å²) < 4.78 is 0. The number of aryl methyl sites for hydroxylation is 1. The molecule has 1 aliphatic rings. The molecule has 1 aromatic heterocycles. The number of benzene rings is 1. The molecule has 25 heavy (non-hydrogen) atoms. The van der Waals surface area contributed by atoms with Crippen molar-refractivity contribution in [2.45, 2.75) is 19.8 Å². The molecule has 1 saturated heterocycles. The normalized spacial score (nSPS) is 17.2. The minimum Gasteiger partial charge on any atom is -0.481 e. The third-order valence-corrected chi connectivity index (χ3v) is 4.53. The van der Waals surface area contributed by atoms with E-state index in [2.05, 4.69) is 10.3 Å². The summed E-state index contributed by atoms with van der Waals surface area (Å²) in [5, 5.41) is 12.0. The molecule has 6 nitrogen and oxygen atoms in total. The predicted octanol–water partition coefficient (Wildman–Crippen LogP) is 3.39. The van der Waals surface area contributed by atoms with Gasteiger partial charge in [-0.05, 0) is 60.7 Å². The summed E-state index contributed by atoms with van der Waals surface area (Å²) >= 11 is 0. The van der Waals surface area contributed by atoms with E-state index in [1.165, 1.54) is 0 Å². The largest absolute Gasteiger partial charge is 0.481 e. The Balaban J connectivity index is 1.70. The Hall–Kier alpha value is -2.89. The minimum atomic E-state index is -0.838. The van der Waals surface area contributed by atoms with Crippen molar-refractivity contribution in [1.82, 2.24) is 9.88 Å². The van der Waals surface area contributed by atoms with Crippen LogP contribution in [0.2, 0.25) is 0 Å². The maximum Gasteiger partial charge on any atom is 0.321 e. The Morgan fingerprint density at radius 2 is 2.00 bits per heavy atom. The van der Waals surface area contributed by atoms with E-state index in [0.717, 1.165) is 16.7 Å². The first kappa shape index (κ1) is 17.0. The Labute approximate surface area is 146 Å². The molecule has 2 heterocycles. The highest BCUT2D eigenvalue weighted by Crippen LogP contribution is 2.26. The van der Waals surface area contributed by atoms with Crippen molar-refractivity contribution in [1.29, 1.82) is 0 Å². The molecule has 2 N–H and O–H groups in total. The van der Waals surface area contributed by atoms with Gasteiger partial charge in [0.15, 0.2) is 0 Å². The topological polar surface area (TPSA) is 82.5 Å². The third-order valence-electron chi connectivity index (χ3n) is 4.53. The fourth-order valence-corrected chi connectivity index (χ4v) is 3.16. The zero-order valence-corrected chi connectivity index (χ0v) is 14.1. The number of aromatic nitrogens is 1. The molecule has 1 fully saturated rings. The van der Waals surface area contributed by atoms with Crippen molar-refractivity contribution in [3.63, 3.8) is 0 Å². The van der Waals surface area contributed by atoms with Crippen LogP contribution in [0.5, 0.6) is 0 Å². The van der Waals surface area contributed by atoms with Crippen LogP contribution in [0.3, 0.4) is 0 Å².